The average molecular weight is 351 g/mol. The molecule has 0 saturated heterocycles. The van der Waals surface area contributed by atoms with Gasteiger partial charge in [0, 0.05) is 11.1 Å². The number of hydrogen-bond acceptors (Lipinski definition) is 3. The Hall–Kier alpha value is -2.92. The molecular weight excluding hydrogens is 334 g/mol. The molecule has 4 nitrogen and oxygen atoms in total. The van der Waals surface area contributed by atoms with Crippen molar-refractivity contribution >= 4 is 21.5 Å². The molecule has 3 aromatic carbocycles. The Morgan fingerprint density at radius 2 is 1.44 bits per heavy atom. The fourth-order valence-corrected chi connectivity index (χ4v) is 3.58. The number of benzene rings is 3. The van der Waals surface area contributed by atoms with E-state index in [1.54, 1.807) is 60.7 Å². The summed E-state index contributed by atoms with van der Waals surface area (Å²) < 4.78 is 27.7. The Labute approximate surface area is 147 Å². The van der Waals surface area contributed by atoms with Gasteiger partial charge in [-0.15, -0.1) is 0 Å². The van der Waals surface area contributed by atoms with Crippen molar-refractivity contribution in [2.45, 2.75) is 11.8 Å². The summed E-state index contributed by atoms with van der Waals surface area (Å²) in [6.45, 7) is 1.86. The minimum absolute atomic E-state index is 0.147. The molecule has 0 spiro atoms. The van der Waals surface area contributed by atoms with Gasteiger partial charge in [0.15, 0.2) is 5.78 Å². The third kappa shape index (κ3) is 3.78. The first-order valence-corrected chi connectivity index (χ1v) is 9.24. The minimum atomic E-state index is -3.77. The molecule has 5 heteroatoms. The first-order chi connectivity index (χ1) is 12.0. The summed E-state index contributed by atoms with van der Waals surface area (Å²) in [6.07, 6.45) is 0. The molecule has 0 aliphatic heterocycles. The second kappa shape index (κ2) is 6.91. The van der Waals surface area contributed by atoms with E-state index in [0.29, 0.717) is 11.1 Å². The molecule has 25 heavy (non-hydrogen) atoms. The van der Waals surface area contributed by atoms with Gasteiger partial charge < -0.3 is 0 Å². The molecule has 0 saturated carbocycles. The van der Waals surface area contributed by atoms with Crippen LogP contribution in [-0.2, 0) is 10.0 Å². The second-order valence-corrected chi connectivity index (χ2v) is 7.35. The molecule has 1 N–H and O–H groups in total. The molecule has 126 valence electrons. The van der Waals surface area contributed by atoms with Crippen LogP contribution < -0.4 is 4.72 Å². The lowest BCUT2D eigenvalue weighted by molar-refractivity contribution is 0.103. The van der Waals surface area contributed by atoms with Crippen molar-refractivity contribution < 1.29 is 13.2 Å². The fourth-order valence-electron chi connectivity index (χ4n) is 2.48. The highest BCUT2D eigenvalue weighted by Crippen LogP contribution is 2.24. The maximum absolute atomic E-state index is 12.8. The molecule has 0 radical (unpaired) electrons. The number of carbonyl (C=O) groups excluding carboxylic acids is 1. The summed E-state index contributed by atoms with van der Waals surface area (Å²) in [5.74, 6) is -0.227. The zero-order valence-corrected chi connectivity index (χ0v) is 14.5. The minimum Gasteiger partial charge on any atom is -0.289 e. The van der Waals surface area contributed by atoms with Crippen LogP contribution in [-0.4, -0.2) is 14.2 Å². The smallest absolute Gasteiger partial charge is 0.261 e. The normalized spacial score (nSPS) is 11.1. The van der Waals surface area contributed by atoms with E-state index in [-0.39, 0.29) is 16.4 Å². The van der Waals surface area contributed by atoms with Crippen molar-refractivity contribution in [1.82, 2.24) is 0 Å². The van der Waals surface area contributed by atoms with Gasteiger partial charge in [0.1, 0.15) is 0 Å². The molecule has 3 aromatic rings. The Morgan fingerprint density at radius 1 is 0.840 bits per heavy atom. The van der Waals surface area contributed by atoms with Gasteiger partial charge >= 0.3 is 0 Å². The van der Waals surface area contributed by atoms with Crippen molar-refractivity contribution in [2.75, 3.05) is 4.72 Å². The quantitative estimate of drug-likeness (QED) is 0.706. The molecule has 0 unspecified atom stereocenters. The summed E-state index contributed by atoms with van der Waals surface area (Å²) in [4.78, 5) is 13.0. The van der Waals surface area contributed by atoms with Crippen molar-refractivity contribution in [1.29, 1.82) is 0 Å². The largest absolute Gasteiger partial charge is 0.289 e. The van der Waals surface area contributed by atoms with Crippen LogP contribution in [0.1, 0.15) is 21.5 Å². The number of ketones is 1. The van der Waals surface area contributed by atoms with Crippen LogP contribution in [0.4, 0.5) is 5.69 Å². The third-order valence-electron chi connectivity index (χ3n) is 3.75. The number of hydrogen-bond donors (Lipinski definition) is 1. The number of aryl methyl sites for hydroxylation is 1. The molecular formula is C20H17NO3S. The molecule has 0 aromatic heterocycles. The molecule has 0 heterocycles. The van der Waals surface area contributed by atoms with E-state index in [0.717, 1.165) is 5.56 Å². The second-order valence-electron chi connectivity index (χ2n) is 5.66. The monoisotopic (exact) mass is 351 g/mol. The predicted octanol–water partition coefficient (Wildman–Crippen LogP) is 4.03. The molecule has 3 rings (SSSR count). The van der Waals surface area contributed by atoms with Crippen LogP contribution in [0.25, 0.3) is 0 Å². The van der Waals surface area contributed by atoms with Crippen LogP contribution in [0, 0.1) is 6.92 Å². The van der Waals surface area contributed by atoms with Crippen molar-refractivity contribution in [3.05, 3.63) is 95.6 Å². The molecule has 0 aliphatic rings. The summed E-state index contributed by atoms with van der Waals surface area (Å²) >= 11 is 0. The van der Waals surface area contributed by atoms with E-state index >= 15 is 0 Å². The topological polar surface area (TPSA) is 63.2 Å². The van der Waals surface area contributed by atoms with Gasteiger partial charge in [-0.1, -0.05) is 60.2 Å². The van der Waals surface area contributed by atoms with Gasteiger partial charge in [-0.3, -0.25) is 9.52 Å². The van der Waals surface area contributed by atoms with Crippen LogP contribution >= 0.6 is 0 Å². The summed E-state index contributed by atoms with van der Waals surface area (Å²) in [7, 11) is -3.77. The lowest BCUT2D eigenvalue weighted by Crippen LogP contribution is -2.16. The lowest BCUT2D eigenvalue weighted by Gasteiger charge is -2.13. The number of nitrogens with one attached hydrogen (secondary N) is 1. The van der Waals surface area contributed by atoms with E-state index in [2.05, 4.69) is 4.72 Å². The first kappa shape index (κ1) is 16.9. The number of carbonyl (C=O) groups is 1. The fraction of sp³-hybridized carbons (Fsp3) is 0.0500. The van der Waals surface area contributed by atoms with Crippen molar-refractivity contribution in [2.24, 2.45) is 0 Å². The van der Waals surface area contributed by atoms with Gasteiger partial charge in [0.2, 0.25) is 0 Å². The summed E-state index contributed by atoms with van der Waals surface area (Å²) in [6, 6.07) is 21.9. The van der Waals surface area contributed by atoms with Crippen molar-refractivity contribution in [3.8, 4) is 0 Å². The van der Waals surface area contributed by atoms with Gasteiger partial charge in [0.25, 0.3) is 10.0 Å². The number of sulfonamides is 1. The maximum Gasteiger partial charge on any atom is 0.261 e. The molecule has 0 fully saturated rings. The molecule has 0 bridgehead atoms. The Morgan fingerprint density at radius 3 is 2.08 bits per heavy atom. The van der Waals surface area contributed by atoms with Gasteiger partial charge in [-0.25, -0.2) is 8.42 Å². The summed E-state index contributed by atoms with van der Waals surface area (Å²) in [5.41, 5.74) is 1.98. The predicted molar refractivity (Wildman–Crippen MR) is 98.3 cm³/mol. The lowest BCUT2D eigenvalue weighted by atomic mass is 10.00. The average Bonchev–Trinajstić information content (AvgIpc) is 2.64. The Bertz CT molecular complexity index is 998. The van der Waals surface area contributed by atoms with E-state index < -0.39 is 10.0 Å². The highest BCUT2D eigenvalue weighted by molar-refractivity contribution is 7.92. The van der Waals surface area contributed by atoms with Gasteiger partial charge in [-0.2, -0.15) is 0 Å². The SMILES string of the molecule is Cc1ccc(NS(=O)(=O)c2ccccc2)c(C(=O)c2ccccc2)c1. The Kier molecular flexibility index (Phi) is 4.67. The first-order valence-electron chi connectivity index (χ1n) is 7.76. The van der Waals surface area contributed by atoms with E-state index in [1.807, 2.05) is 13.0 Å². The van der Waals surface area contributed by atoms with Crippen LogP contribution in [0.5, 0.6) is 0 Å². The zero-order valence-electron chi connectivity index (χ0n) is 13.6. The van der Waals surface area contributed by atoms with Crippen LogP contribution in [0.15, 0.2) is 83.8 Å². The molecule has 0 atom stereocenters. The summed E-state index contributed by atoms with van der Waals surface area (Å²) in [5, 5.41) is 0. The number of rotatable bonds is 5. The zero-order chi connectivity index (χ0) is 17.9. The molecule has 0 amide bonds. The van der Waals surface area contributed by atoms with E-state index in [9.17, 15) is 13.2 Å². The standard InChI is InChI=1S/C20H17NO3S/c1-15-12-13-19(21-25(23,24)17-10-6-3-7-11-17)18(14-15)20(22)16-8-4-2-5-9-16/h2-14,21H,1H3. The maximum atomic E-state index is 12.8. The van der Waals surface area contributed by atoms with Gasteiger partial charge in [-0.05, 0) is 31.2 Å². The number of anilines is 1. The highest BCUT2D eigenvalue weighted by atomic mass is 32.2. The van der Waals surface area contributed by atoms with Gasteiger partial charge in [0.05, 0.1) is 10.6 Å². The Balaban J connectivity index is 2.02. The van der Waals surface area contributed by atoms with Crippen LogP contribution in [0.3, 0.4) is 0 Å². The third-order valence-corrected chi connectivity index (χ3v) is 5.13. The highest BCUT2D eigenvalue weighted by Gasteiger charge is 2.19. The van der Waals surface area contributed by atoms with E-state index in [4.69, 9.17) is 0 Å². The van der Waals surface area contributed by atoms with E-state index in [1.165, 1.54) is 12.1 Å². The van der Waals surface area contributed by atoms with Crippen LogP contribution in [0.2, 0.25) is 0 Å². The molecule has 0 aliphatic carbocycles. The van der Waals surface area contributed by atoms with Crippen molar-refractivity contribution in [3.63, 3.8) is 0 Å².